The summed E-state index contributed by atoms with van der Waals surface area (Å²) in [7, 11) is -3.29. The average molecular weight is 340 g/mol. The number of nitrogens with zero attached hydrogens (tertiary/aromatic N) is 1. The molecule has 0 aliphatic rings. The molecule has 6 heteroatoms. The Morgan fingerprint density at radius 1 is 1.13 bits per heavy atom. The molecule has 0 saturated heterocycles. The highest BCUT2D eigenvalue weighted by Crippen LogP contribution is 2.14. The number of sulfonamides is 1. The van der Waals surface area contributed by atoms with E-state index in [0.717, 1.165) is 23.2 Å². The van der Waals surface area contributed by atoms with Gasteiger partial charge in [-0.1, -0.05) is 19.9 Å². The van der Waals surface area contributed by atoms with Gasteiger partial charge >= 0.3 is 0 Å². The SMILES string of the molecule is Cc1cc(C)cc(NC(=O)CCN(CCC(C)C)S(C)(=O)=O)c1. The van der Waals surface area contributed by atoms with E-state index in [2.05, 4.69) is 5.32 Å². The molecule has 1 rings (SSSR count). The van der Waals surface area contributed by atoms with Gasteiger partial charge in [0.05, 0.1) is 6.26 Å². The molecular formula is C17H28N2O3S. The Morgan fingerprint density at radius 3 is 2.17 bits per heavy atom. The van der Waals surface area contributed by atoms with Gasteiger partial charge in [0, 0.05) is 25.2 Å². The van der Waals surface area contributed by atoms with Crippen LogP contribution in [0.2, 0.25) is 0 Å². The van der Waals surface area contributed by atoms with Crippen LogP contribution in [0.3, 0.4) is 0 Å². The summed E-state index contributed by atoms with van der Waals surface area (Å²) in [5.74, 6) is 0.247. The molecule has 0 aromatic heterocycles. The van der Waals surface area contributed by atoms with E-state index in [1.165, 1.54) is 10.6 Å². The third-order valence-corrected chi connectivity index (χ3v) is 4.82. The van der Waals surface area contributed by atoms with Gasteiger partial charge in [0.15, 0.2) is 0 Å². The van der Waals surface area contributed by atoms with Gasteiger partial charge in [0.2, 0.25) is 15.9 Å². The minimum atomic E-state index is -3.29. The maximum atomic E-state index is 12.1. The lowest BCUT2D eigenvalue weighted by Gasteiger charge is -2.20. The molecule has 1 aromatic rings. The van der Waals surface area contributed by atoms with E-state index in [0.29, 0.717) is 12.5 Å². The molecule has 5 nitrogen and oxygen atoms in total. The molecule has 130 valence electrons. The van der Waals surface area contributed by atoms with Crippen LogP contribution in [0.15, 0.2) is 18.2 Å². The zero-order valence-electron chi connectivity index (χ0n) is 14.7. The highest BCUT2D eigenvalue weighted by molar-refractivity contribution is 7.88. The number of hydrogen-bond acceptors (Lipinski definition) is 3. The molecule has 0 radical (unpaired) electrons. The van der Waals surface area contributed by atoms with Crippen molar-refractivity contribution in [3.8, 4) is 0 Å². The van der Waals surface area contributed by atoms with Crippen LogP contribution in [0.1, 0.15) is 37.8 Å². The van der Waals surface area contributed by atoms with Crippen molar-refractivity contribution in [3.05, 3.63) is 29.3 Å². The summed E-state index contributed by atoms with van der Waals surface area (Å²) in [6.45, 7) is 8.70. The fourth-order valence-corrected chi connectivity index (χ4v) is 3.20. The van der Waals surface area contributed by atoms with Gasteiger partial charge in [0.25, 0.3) is 0 Å². The number of rotatable bonds is 8. The standard InChI is InChI=1S/C17H28N2O3S/c1-13(2)6-8-19(23(5,21)22)9-7-17(20)18-16-11-14(3)10-15(4)12-16/h10-13H,6-9H2,1-5H3,(H,18,20). The third-order valence-electron chi connectivity index (χ3n) is 3.52. The van der Waals surface area contributed by atoms with Crippen molar-refractivity contribution >= 4 is 21.6 Å². The van der Waals surface area contributed by atoms with Gasteiger partial charge < -0.3 is 5.32 Å². The van der Waals surface area contributed by atoms with E-state index in [1.54, 1.807) is 0 Å². The lowest BCUT2D eigenvalue weighted by molar-refractivity contribution is -0.116. The lowest BCUT2D eigenvalue weighted by Crippen LogP contribution is -2.34. The van der Waals surface area contributed by atoms with Gasteiger partial charge in [0.1, 0.15) is 0 Å². The molecule has 0 aliphatic carbocycles. The molecule has 0 heterocycles. The minimum Gasteiger partial charge on any atom is -0.326 e. The number of benzene rings is 1. The Bertz CT molecular complexity index is 619. The van der Waals surface area contributed by atoms with E-state index in [-0.39, 0.29) is 18.9 Å². The fourth-order valence-electron chi connectivity index (χ4n) is 2.34. The second-order valence-corrected chi connectivity index (χ2v) is 8.50. The van der Waals surface area contributed by atoms with E-state index >= 15 is 0 Å². The van der Waals surface area contributed by atoms with E-state index in [1.807, 2.05) is 45.9 Å². The largest absolute Gasteiger partial charge is 0.326 e. The lowest BCUT2D eigenvalue weighted by atomic mass is 10.1. The van der Waals surface area contributed by atoms with Gasteiger partial charge in [-0.25, -0.2) is 12.7 Å². The van der Waals surface area contributed by atoms with Gasteiger partial charge in [-0.3, -0.25) is 4.79 Å². The van der Waals surface area contributed by atoms with Gasteiger partial charge in [-0.05, 0) is 49.4 Å². The second-order valence-electron chi connectivity index (χ2n) is 6.52. The molecule has 0 unspecified atom stereocenters. The molecule has 1 aromatic carbocycles. The van der Waals surface area contributed by atoms with Gasteiger partial charge in [-0.2, -0.15) is 0 Å². The second kappa shape index (κ2) is 8.45. The zero-order chi connectivity index (χ0) is 17.6. The summed E-state index contributed by atoms with van der Waals surface area (Å²) in [4.78, 5) is 12.1. The van der Waals surface area contributed by atoms with Crippen LogP contribution >= 0.6 is 0 Å². The molecular weight excluding hydrogens is 312 g/mol. The number of hydrogen-bond donors (Lipinski definition) is 1. The topological polar surface area (TPSA) is 66.5 Å². The number of amides is 1. The Labute approximate surface area is 140 Å². The van der Waals surface area contributed by atoms with Crippen molar-refractivity contribution in [2.45, 2.75) is 40.5 Å². The summed E-state index contributed by atoms with van der Waals surface area (Å²) in [5.41, 5.74) is 2.91. The first-order chi connectivity index (χ1) is 10.6. The molecule has 0 saturated carbocycles. The van der Waals surface area contributed by atoms with Crippen molar-refractivity contribution in [1.29, 1.82) is 0 Å². The van der Waals surface area contributed by atoms with Crippen molar-refractivity contribution in [3.63, 3.8) is 0 Å². The van der Waals surface area contributed by atoms with E-state index < -0.39 is 10.0 Å². The normalized spacial score (nSPS) is 12.0. The zero-order valence-corrected chi connectivity index (χ0v) is 15.5. The van der Waals surface area contributed by atoms with Crippen LogP contribution in [-0.2, 0) is 14.8 Å². The highest BCUT2D eigenvalue weighted by Gasteiger charge is 2.18. The molecule has 0 aliphatic heterocycles. The smallest absolute Gasteiger partial charge is 0.225 e. The molecule has 0 atom stereocenters. The molecule has 0 fully saturated rings. The fraction of sp³-hybridized carbons (Fsp3) is 0.588. The molecule has 1 amide bonds. The summed E-state index contributed by atoms with van der Waals surface area (Å²) >= 11 is 0. The highest BCUT2D eigenvalue weighted by atomic mass is 32.2. The average Bonchev–Trinajstić information content (AvgIpc) is 2.35. The predicted octanol–water partition coefficient (Wildman–Crippen LogP) is 2.94. The quantitative estimate of drug-likeness (QED) is 0.791. The monoisotopic (exact) mass is 340 g/mol. The minimum absolute atomic E-state index is 0.151. The van der Waals surface area contributed by atoms with Gasteiger partial charge in [-0.15, -0.1) is 0 Å². The van der Waals surface area contributed by atoms with Crippen LogP contribution in [-0.4, -0.2) is 38.0 Å². The molecule has 23 heavy (non-hydrogen) atoms. The predicted molar refractivity (Wildman–Crippen MR) is 95.0 cm³/mol. The van der Waals surface area contributed by atoms with Crippen molar-refractivity contribution < 1.29 is 13.2 Å². The third kappa shape index (κ3) is 7.61. The van der Waals surface area contributed by atoms with Crippen molar-refractivity contribution in [2.75, 3.05) is 24.7 Å². The van der Waals surface area contributed by atoms with E-state index in [4.69, 9.17) is 0 Å². The first-order valence-corrected chi connectivity index (χ1v) is 9.76. The maximum absolute atomic E-state index is 12.1. The number of carbonyl (C=O) groups is 1. The number of nitrogens with one attached hydrogen (secondary N) is 1. The van der Waals surface area contributed by atoms with Crippen LogP contribution in [0.4, 0.5) is 5.69 Å². The Kier molecular flexibility index (Phi) is 7.22. The summed E-state index contributed by atoms with van der Waals surface area (Å²) in [6, 6.07) is 5.84. The Balaban J connectivity index is 2.61. The first kappa shape index (κ1) is 19.6. The number of aryl methyl sites for hydroxylation is 2. The molecule has 1 N–H and O–H groups in total. The molecule has 0 spiro atoms. The van der Waals surface area contributed by atoms with E-state index in [9.17, 15) is 13.2 Å². The number of anilines is 1. The summed E-state index contributed by atoms with van der Waals surface area (Å²) in [5, 5.41) is 2.83. The van der Waals surface area contributed by atoms with Crippen LogP contribution in [0.25, 0.3) is 0 Å². The van der Waals surface area contributed by atoms with Crippen molar-refractivity contribution in [2.24, 2.45) is 5.92 Å². The molecule has 0 bridgehead atoms. The number of carbonyl (C=O) groups excluding carboxylic acids is 1. The van der Waals surface area contributed by atoms with Crippen molar-refractivity contribution in [1.82, 2.24) is 4.31 Å². The first-order valence-electron chi connectivity index (χ1n) is 7.91. The van der Waals surface area contributed by atoms with Crippen LogP contribution < -0.4 is 5.32 Å². The Morgan fingerprint density at radius 2 is 1.70 bits per heavy atom. The Hall–Kier alpha value is -1.40. The summed E-state index contributed by atoms with van der Waals surface area (Å²) in [6.07, 6.45) is 2.12. The van der Waals surface area contributed by atoms with Crippen LogP contribution in [0.5, 0.6) is 0 Å². The summed E-state index contributed by atoms with van der Waals surface area (Å²) < 4.78 is 25.0. The maximum Gasteiger partial charge on any atom is 0.225 e. The van der Waals surface area contributed by atoms with Crippen LogP contribution in [0, 0.1) is 19.8 Å².